The lowest BCUT2D eigenvalue weighted by Gasteiger charge is -2.26. The number of aromatic nitrogens is 4. The highest BCUT2D eigenvalue weighted by molar-refractivity contribution is 8.00. The lowest BCUT2D eigenvalue weighted by atomic mass is 10.1. The van der Waals surface area contributed by atoms with E-state index in [0.717, 1.165) is 10.0 Å². The molecule has 0 saturated heterocycles. The molecule has 0 saturated carbocycles. The van der Waals surface area contributed by atoms with Crippen LogP contribution in [-0.2, 0) is 16.0 Å². The summed E-state index contributed by atoms with van der Waals surface area (Å²) in [5.41, 5.74) is 0.721. The molecule has 9 nitrogen and oxygen atoms in total. The van der Waals surface area contributed by atoms with Crippen LogP contribution in [0.25, 0.3) is 0 Å². The Kier molecular flexibility index (Phi) is 6.85. The van der Waals surface area contributed by atoms with Crippen LogP contribution in [0.5, 0.6) is 0 Å². The molecule has 0 aliphatic heterocycles. The first-order valence-corrected chi connectivity index (χ1v) is 11.4. The minimum atomic E-state index is -0.845. The van der Waals surface area contributed by atoms with Gasteiger partial charge in [-0.15, -0.1) is 10.2 Å². The van der Waals surface area contributed by atoms with Gasteiger partial charge in [-0.25, -0.2) is 4.79 Å². The Balaban J connectivity index is 1.54. The summed E-state index contributed by atoms with van der Waals surface area (Å²) in [6, 6.07) is 8.06. The minimum Gasteiger partial charge on any atom is -0.444 e. The number of aryl methyl sites for hydroxylation is 1. The van der Waals surface area contributed by atoms with Gasteiger partial charge in [0.1, 0.15) is 11.1 Å². The smallest absolute Gasteiger partial charge is 0.408 e. The van der Waals surface area contributed by atoms with Crippen molar-refractivity contribution in [1.29, 1.82) is 0 Å². The number of carbonyl (C=O) groups excluding carboxylic acids is 1. The summed E-state index contributed by atoms with van der Waals surface area (Å²) < 4.78 is 11.4. The number of benzene rings is 1. The van der Waals surface area contributed by atoms with E-state index in [9.17, 15) is 4.79 Å². The maximum atomic E-state index is 12.1. The van der Waals surface area contributed by atoms with E-state index in [2.05, 4.69) is 31.0 Å². The molecule has 0 spiro atoms. The molecule has 0 unspecified atom stereocenters. The largest absolute Gasteiger partial charge is 0.444 e. The van der Waals surface area contributed by atoms with Crippen LogP contribution in [0.15, 0.2) is 33.1 Å². The summed E-state index contributed by atoms with van der Waals surface area (Å²) in [5, 5.41) is 19.1. The van der Waals surface area contributed by atoms with E-state index in [1.165, 1.54) is 28.7 Å². The predicted octanol–water partition coefficient (Wildman–Crippen LogP) is 5.03. The number of anilines is 2. The molecule has 31 heavy (non-hydrogen) atoms. The second-order valence-electron chi connectivity index (χ2n) is 8.42. The van der Waals surface area contributed by atoms with Crippen molar-refractivity contribution < 1.29 is 14.1 Å². The van der Waals surface area contributed by atoms with Gasteiger partial charge in [-0.05, 0) is 53.7 Å². The number of nitrogens with one attached hydrogen (secondary N) is 2. The molecule has 3 rings (SSSR count). The maximum absolute atomic E-state index is 12.1. The third-order valence-corrected chi connectivity index (χ3v) is 5.83. The molecule has 2 N–H and O–H groups in total. The van der Waals surface area contributed by atoms with Crippen molar-refractivity contribution in [3.8, 4) is 0 Å². The molecule has 0 aliphatic carbocycles. The molecule has 0 fully saturated rings. The topological polar surface area (TPSA) is 115 Å². The van der Waals surface area contributed by atoms with Crippen LogP contribution >= 0.6 is 23.1 Å². The lowest BCUT2D eigenvalue weighted by molar-refractivity contribution is 0.0465. The highest BCUT2D eigenvalue weighted by atomic mass is 32.2. The Hall–Kier alpha value is -2.66. The van der Waals surface area contributed by atoms with Gasteiger partial charge in [0.25, 0.3) is 0 Å². The van der Waals surface area contributed by atoms with Gasteiger partial charge in [0.15, 0.2) is 10.2 Å². The van der Waals surface area contributed by atoms with Crippen LogP contribution in [0.2, 0.25) is 0 Å². The average Bonchev–Trinajstić information content (AvgIpc) is 3.29. The monoisotopic (exact) mass is 462 g/mol. The van der Waals surface area contributed by atoms with Crippen molar-refractivity contribution in [2.24, 2.45) is 0 Å². The van der Waals surface area contributed by atoms with Crippen molar-refractivity contribution in [3.05, 3.63) is 41.5 Å². The van der Waals surface area contributed by atoms with Gasteiger partial charge in [0.05, 0.1) is 5.75 Å². The fraction of sp³-hybridized carbons (Fsp3) is 0.450. The van der Waals surface area contributed by atoms with Gasteiger partial charge >= 0.3 is 6.09 Å². The van der Waals surface area contributed by atoms with Crippen molar-refractivity contribution in [3.63, 3.8) is 0 Å². The van der Waals surface area contributed by atoms with Gasteiger partial charge in [0, 0.05) is 5.69 Å². The number of thioether (sulfide) groups is 1. The minimum absolute atomic E-state index is 0.368. The van der Waals surface area contributed by atoms with Crippen molar-refractivity contribution in [1.82, 2.24) is 25.7 Å². The summed E-state index contributed by atoms with van der Waals surface area (Å²) in [7, 11) is 0. The molecule has 0 atom stereocenters. The Morgan fingerprint density at radius 1 is 1.16 bits per heavy atom. The summed E-state index contributed by atoms with van der Waals surface area (Å²) in [5.74, 6) is 1.24. The number of nitrogens with zero attached hydrogens (tertiary/aromatic N) is 4. The van der Waals surface area contributed by atoms with Gasteiger partial charge in [-0.3, -0.25) is 0 Å². The molecule has 1 amide bonds. The normalized spacial score (nSPS) is 11.9. The van der Waals surface area contributed by atoms with Crippen LogP contribution in [0.4, 0.5) is 15.6 Å². The zero-order valence-corrected chi connectivity index (χ0v) is 20.0. The maximum Gasteiger partial charge on any atom is 0.408 e. The number of amides is 1. The van der Waals surface area contributed by atoms with Crippen LogP contribution in [0.1, 0.15) is 51.9 Å². The lowest BCUT2D eigenvalue weighted by Crippen LogP contribution is -2.44. The van der Waals surface area contributed by atoms with Crippen molar-refractivity contribution in [2.45, 2.75) is 62.8 Å². The van der Waals surface area contributed by atoms with E-state index in [1.54, 1.807) is 34.6 Å². The Morgan fingerprint density at radius 3 is 2.55 bits per heavy atom. The number of alkyl carbamates (subject to hydrolysis) is 1. The highest BCUT2D eigenvalue weighted by Gasteiger charge is 2.31. The zero-order chi connectivity index (χ0) is 22.6. The van der Waals surface area contributed by atoms with Gasteiger partial charge in [-0.1, -0.05) is 46.0 Å². The summed E-state index contributed by atoms with van der Waals surface area (Å²) in [4.78, 5) is 16.5. The van der Waals surface area contributed by atoms with Crippen molar-refractivity contribution >= 4 is 40.0 Å². The SMILES string of the molecule is Cc1ccc(Nc2nnc(SCc3nc(C(C)(C)NC(=O)OC(C)(C)C)no3)s2)cc1. The zero-order valence-electron chi connectivity index (χ0n) is 18.3. The molecule has 2 aromatic heterocycles. The van der Waals surface area contributed by atoms with E-state index >= 15 is 0 Å². The van der Waals surface area contributed by atoms with Crippen LogP contribution in [-0.4, -0.2) is 32.0 Å². The van der Waals surface area contributed by atoms with E-state index in [1.807, 2.05) is 31.2 Å². The number of carbonyl (C=O) groups is 1. The van der Waals surface area contributed by atoms with E-state index < -0.39 is 17.2 Å². The van der Waals surface area contributed by atoms with Crippen LogP contribution in [0, 0.1) is 6.92 Å². The second kappa shape index (κ2) is 9.23. The molecule has 11 heteroatoms. The first kappa shape index (κ1) is 23.0. The molecular weight excluding hydrogens is 436 g/mol. The molecule has 0 bridgehead atoms. The average molecular weight is 463 g/mol. The molecule has 0 aliphatic rings. The molecule has 3 aromatic rings. The number of ether oxygens (including phenoxy) is 1. The van der Waals surface area contributed by atoms with E-state index in [-0.39, 0.29) is 0 Å². The molecule has 1 aromatic carbocycles. The highest BCUT2D eigenvalue weighted by Crippen LogP contribution is 2.30. The second-order valence-corrected chi connectivity index (χ2v) is 10.6. The fourth-order valence-corrected chi connectivity index (χ4v) is 3.99. The number of rotatable bonds is 7. The third kappa shape index (κ3) is 6.93. The molecular formula is C20H26N6O3S2. The molecule has 0 radical (unpaired) electrons. The van der Waals surface area contributed by atoms with Gasteiger partial charge in [0.2, 0.25) is 11.0 Å². The molecule has 2 heterocycles. The first-order valence-electron chi connectivity index (χ1n) is 9.64. The summed E-state index contributed by atoms with van der Waals surface area (Å²) >= 11 is 2.89. The predicted molar refractivity (Wildman–Crippen MR) is 121 cm³/mol. The summed E-state index contributed by atoms with van der Waals surface area (Å²) in [6.45, 7) is 11.0. The molecule has 166 valence electrons. The van der Waals surface area contributed by atoms with Gasteiger partial charge < -0.3 is 19.9 Å². The standard InChI is InChI=1S/C20H26N6O3S2/c1-12-7-9-13(10-8-12)21-16-24-25-18(31-16)30-11-14-22-15(26-29-14)20(5,6)23-17(27)28-19(2,3)4/h7-10H,11H2,1-6H3,(H,21,24)(H,23,27). The van der Waals surface area contributed by atoms with Crippen LogP contribution in [0.3, 0.4) is 0 Å². The first-order chi connectivity index (χ1) is 14.5. The number of hydrogen-bond acceptors (Lipinski definition) is 10. The Labute approximate surface area is 189 Å². The summed E-state index contributed by atoms with van der Waals surface area (Å²) in [6.07, 6.45) is -0.541. The van der Waals surface area contributed by atoms with E-state index in [4.69, 9.17) is 9.26 Å². The van der Waals surface area contributed by atoms with Crippen molar-refractivity contribution in [2.75, 3.05) is 5.32 Å². The quantitative estimate of drug-likeness (QED) is 0.467. The Bertz CT molecular complexity index is 1020. The Morgan fingerprint density at radius 2 is 1.87 bits per heavy atom. The third-order valence-electron chi connectivity index (χ3n) is 3.87. The fourth-order valence-electron chi connectivity index (χ4n) is 2.38. The van der Waals surface area contributed by atoms with E-state index in [0.29, 0.717) is 22.6 Å². The van der Waals surface area contributed by atoms with Gasteiger partial charge in [-0.2, -0.15) is 4.98 Å². The van der Waals surface area contributed by atoms with Crippen LogP contribution < -0.4 is 10.6 Å². The number of hydrogen-bond donors (Lipinski definition) is 2.